The van der Waals surface area contributed by atoms with E-state index in [2.05, 4.69) is 33.0 Å². The summed E-state index contributed by atoms with van der Waals surface area (Å²) in [6.45, 7) is 5.86. The number of benzene rings is 2. The van der Waals surface area contributed by atoms with Crippen LogP contribution >= 0.6 is 22.6 Å². The molecule has 0 saturated heterocycles. The van der Waals surface area contributed by atoms with Gasteiger partial charge in [0.05, 0.1) is 15.5 Å². The van der Waals surface area contributed by atoms with Gasteiger partial charge in [-0.3, -0.25) is 5.32 Å². The zero-order chi connectivity index (χ0) is 20.1. The number of aromatic nitrogens is 2. The minimum absolute atomic E-state index is 0.382. The number of carbonyl (C=O) groups is 1. The Labute approximate surface area is 177 Å². The van der Waals surface area contributed by atoms with Crippen LogP contribution in [0.2, 0.25) is 0 Å². The minimum Gasteiger partial charge on any atom is -0.444 e. The smallest absolute Gasteiger partial charge is 0.412 e. The first-order valence-corrected chi connectivity index (χ1v) is 9.91. The molecule has 0 spiro atoms. The van der Waals surface area contributed by atoms with Gasteiger partial charge in [0, 0.05) is 5.56 Å². The Kier molecular flexibility index (Phi) is 6.23. The molecule has 0 atom stereocenters. The number of nitrogens with zero attached hydrogens (tertiary/aromatic N) is 2. The van der Waals surface area contributed by atoms with Crippen LogP contribution in [0, 0.1) is 3.57 Å². The molecule has 28 heavy (non-hydrogen) atoms. The van der Waals surface area contributed by atoms with E-state index in [-0.39, 0.29) is 0 Å². The quantitative estimate of drug-likeness (QED) is 0.503. The van der Waals surface area contributed by atoms with Gasteiger partial charge < -0.3 is 9.57 Å². The molecule has 0 radical (unpaired) electrons. The van der Waals surface area contributed by atoms with Crippen molar-refractivity contribution < 1.29 is 14.4 Å². The largest absolute Gasteiger partial charge is 0.444 e. The SMILES string of the molecule is CC(C)(C)OC(=O)Nc1ccccc1-c1c(I)cnn1OCc1ccccc1. The average Bonchev–Trinajstić information content (AvgIpc) is 3.00. The summed E-state index contributed by atoms with van der Waals surface area (Å²) in [4.78, 5) is 19.6. The van der Waals surface area contributed by atoms with Crippen molar-refractivity contribution in [2.45, 2.75) is 33.0 Å². The maximum atomic E-state index is 12.2. The molecule has 6 nitrogen and oxygen atoms in total. The number of ether oxygens (including phenoxy) is 1. The predicted octanol–water partition coefficient (Wildman–Crippen LogP) is 5.13. The summed E-state index contributed by atoms with van der Waals surface area (Å²) < 4.78 is 6.28. The Bertz CT molecular complexity index is 949. The van der Waals surface area contributed by atoms with Crippen molar-refractivity contribution in [1.29, 1.82) is 0 Å². The highest BCUT2D eigenvalue weighted by Gasteiger charge is 2.20. The third-order valence-corrected chi connectivity index (χ3v) is 4.50. The second-order valence-electron chi connectivity index (χ2n) is 7.15. The maximum Gasteiger partial charge on any atom is 0.412 e. The van der Waals surface area contributed by atoms with E-state index in [0.717, 1.165) is 20.4 Å². The molecule has 0 aliphatic heterocycles. The van der Waals surface area contributed by atoms with Crippen molar-refractivity contribution in [1.82, 2.24) is 9.94 Å². The number of nitrogens with one attached hydrogen (secondary N) is 1. The molecule has 0 unspecified atom stereocenters. The first-order chi connectivity index (χ1) is 13.3. The van der Waals surface area contributed by atoms with E-state index in [1.54, 1.807) is 6.20 Å². The molecule has 3 rings (SSSR count). The average molecular weight is 491 g/mol. The maximum absolute atomic E-state index is 12.2. The lowest BCUT2D eigenvalue weighted by molar-refractivity contribution is 0.0635. The Morgan fingerprint density at radius 2 is 1.79 bits per heavy atom. The zero-order valence-electron chi connectivity index (χ0n) is 16.0. The molecular weight excluding hydrogens is 469 g/mol. The normalized spacial score (nSPS) is 11.1. The van der Waals surface area contributed by atoms with Crippen molar-refractivity contribution in [3.63, 3.8) is 0 Å². The van der Waals surface area contributed by atoms with Gasteiger partial charge in [0.1, 0.15) is 17.9 Å². The number of para-hydroxylation sites is 1. The van der Waals surface area contributed by atoms with Gasteiger partial charge in [0.2, 0.25) is 0 Å². The monoisotopic (exact) mass is 491 g/mol. The molecule has 146 valence electrons. The van der Waals surface area contributed by atoms with Crippen LogP contribution in [0.25, 0.3) is 11.3 Å². The van der Waals surface area contributed by atoms with Crippen LogP contribution in [-0.2, 0) is 11.3 Å². The highest BCUT2D eigenvalue weighted by Crippen LogP contribution is 2.31. The topological polar surface area (TPSA) is 65.4 Å². The summed E-state index contributed by atoms with van der Waals surface area (Å²) in [7, 11) is 0. The molecule has 1 heterocycles. The molecule has 7 heteroatoms. The van der Waals surface area contributed by atoms with Crippen LogP contribution in [0.4, 0.5) is 10.5 Å². The van der Waals surface area contributed by atoms with Crippen molar-refractivity contribution in [2.24, 2.45) is 0 Å². The molecule has 3 aromatic rings. The fraction of sp³-hybridized carbons (Fsp3) is 0.238. The number of carbonyl (C=O) groups excluding carboxylic acids is 1. The molecule has 2 aromatic carbocycles. The summed E-state index contributed by atoms with van der Waals surface area (Å²) >= 11 is 2.20. The molecule has 1 N–H and O–H groups in total. The van der Waals surface area contributed by atoms with Crippen LogP contribution in [0.1, 0.15) is 26.3 Å². The molecule has 0 saturated carbocycles. The minimum atomic E-state index is -0.575. The van der Waals surface area contributed by atoms with Gasteiger partial charge in [0.25, 0.3) is 0 Å². The molecule has 1 aromatic heterocycles. The van der Waals surface area contributed by atoms with Crippen LogP contribution < -0.4 is 10.2 Å². The summed E-state index contributed by atoms with van der Waals surface area (Å²) in [5.41, 5.74) is 2.65. The lowest BCUT2D eigenvalue weighted by Gasteiger charge is -2.20. The second-order valence-corrected chi connectivity index (χ2v) is 8.31. The van der Waals surface area contributed by atoms with Crippen molar-refractivity contribution in [3.8, 4) is 11.3 Å². The highest BCUT2D eigenvalue weighted by atomic mass is 127. The summed E-state index contributed by atoms with van der Waals surface area (Å²) in [6, 6.07) is 17.4. The zero-order valence-corrected chi connectivity index (χ0v) is 18.1. The summed E-state index contributed by atoms with van der Waals surface area (Å²) in [5, 5.41) is 7.15. The molecule has 1 amide bonds. The van der Waals surface area contributed by atoms with Crippen LogP contribution in [0.5, 0.6) is 0 Å². The van der Waals surface area contributed by atoms with Crippen molar-refractivity contribution in [3.05, 3.63) is 69.9 Å². The van der Waals surface area contributed by atoms with E-state index in [9.17, 15) is 4.79 Å². The number of rotatable bonds is 5. The first-order valence-electron chi connectivity index (χ1n) is 8.83. The molecule has 0 fully saturated rings. The Balaban J connectivity index is 1.86. The lowest BCUT2D eigenvalue weighted by Crippen LogP contribution is -2.27. The van der Waals surface area contributed by atoms with Crippen molar-refractivity contribution in [2.75, 3.05) is 5.32 Å². The van der Waals surface area contributed by atoms with E-state index < -0.39 is 11.7 Å². The van der Waals surface area contributed by atoms with Gasteiger partial charge in [-0.1, -0.05) is 53.4 Å². The first kappa shape index (κ1) is 20.2. The standard InChI is InChI=1S/C21H22IN3O3/c1-21(2,3)28-20(26)24-18-12-8-7-11-16(18)19-17(22)13-23-25(19)27-14-15-9-5-4-6-10-15/h4-13H,14H2,1-3H3,(H,24,26). The van der Waals surface area contributed by atoms with E-state index in [4.69, 9.17) is 9.57 Å². The third kappa shape index (κ3) is 5.25. The fourth-order valence-corrected chi connectivity index (χ4v) is 3.19. The van der Waals surface area contributed by atoms with Crippen LogP contribution in [-0.4, -0.2) is 21.6 Å². The van der Waals surface area contributed by atoms with Crippen molar-refractivity contribution >= 4 is 34.4 Å². The third-order valence-electron chi connectivity index (χ3n) is 3.71. The molecule has 0 aliphatic carbocycles. The van der Waals surface area contributed by atoms with E-state index in [1.807, 2.05) is 75.4 Å². The van der Waals surface area contributed by atoms with Gasteiger partial charge in [-0.25, -0.2) is 4.79 Å². The van der Waals surface area contributed by atoms with Crippen LogP contribution in [0.15, 0.2) is 60.8 Å². The van der Waals surface area contributed by atoms with E-state index in [0.29, 0.717) is 12.3 Å². The molecule has 0 bridgehead atoms. The number of hydrogen-bond donors (Lipinski definition) is 1. The second kappa shape index (κ2) is 8.64. The number of anilines is 1. The number of amides is 1. The lowest BCUT2D eigenvalue weighted by atomic mass is 10.1. The van der Waals surface area contributed by atoms with Gasteiger partial charge >= 0.3 is 6.09 Å². The molecular formula is C21H22IN3O3. The number of hydrogen-bond acceptors (Lipinski definition) is 4. The van der Waals surface area contributed by atoms with E-state index >= 15 is 0 Å². The Morgan fingerprint density at radius 3 is 2.50 bits per heavy atom. The molecule has 0 aliphatic rings. The fourth-order valence-electron chi connectivity index (χ4n) is 2.57. The van der Waals surface area contributed by atoms with Gasteiger partial charge in [-0.05, 0) is 55.0 Å². The Hall–Kier alpha value is -2.55. The van der Waals surface area contributed by atoms with Gasteiger partial charge in [0.15, 0.2) is 0 Å². The Morgan fingerprint density at radius 1 is 1.11 bits per heavy atom. The van der Waals surface area contributed by atoms with E-state index in [1.165, 1.54) is 4.85 Å². The van der Waals surface area contributed by atoms with Crippen LogP contribution in [0.3, 0.4) is 0 Å². The summed E-state index contributed by atoms with van der Waals surface area (Å²) in [6.07, 6.45) is 1.22. The number of halogens is 1. The van der Waals surface area contributed by atoms with Gasteiger partial charge in [-0.2, -0.15) is 0 Å². The predicted molar refractivity (Wildman–Crippen MR) is 117 cm³/mol. The highest BCUT2D eigenvalue weighted by molar-refractivity contribution is 14.1. The summed E-state index contributed by atoms with van der Waals surface area (Å²) in [5.74, 6) is 0. The van der Waals surface area contributed by atoms with Gasteiger partial charge in [-0.15, -0.1) is 5.10 Å².